The first-order valence-electron chi connectivity index (χ1n) is 7.95. The second-order valence-electron chi connectivity index (χ2n) is 5.46. The van der Waals surface area contributed by atoms with Crippen molar-refractivity contribution in [2.45, 2.75) is 78.1 Å². The van der Waals surface area contributed by atoms with Gasteiger partial charge in [-0.05, 0) is 23.8 Å². The summed E-state index contributed by atoms with van der Waals surface area (Å²) in [5.74, 6) is 2.06. The Balaban J connectivity index is 3.05. The first-order chi connectivity index (χ1) is 9.18. The zero-order chi connectivity index (χ0) is 14.3. The van der Waals surface area contributed by atoms with Crippen LogP contribution in [0.3, 0.4) is 0 Å². The highest BCUT2D eigenvalue weighted by Crippen LogP contribution is 2.15. The number of carbonyl (C=O) groups excluding carboxylic acids is 1. The summed E-state index contributed by atoms with van der Waals surface area (Å²) < 4.78 is 0. The van der Waals surface area contributed by atoms with E-state index in [1.54, 1.807) is 0 Å². The molecule has 0 bridgehead atoms. The third kappa shape index (κ3) is 14.5. The van der Waals surface area contributed by atoms with Crippen LogP contribution in [0.1, 0.15) is 78.1 Å². The van der Waals surface area contributed by atoms with Crippen molar-refractivity contribution in [1.82, 2.24) is 0 Å². The number of unbranched alkanes of at least 4 members (excludes halogenated alkanes) is 9. The van der Waals surface area contributed by atoms with E-state index in [1.165, 1.54) is 70.0 Å². The molecule has 0 heterocycles. The molecule has 0 saturated carbocycles. The molecule has 1 atom stereocenters. The van der Waals surface area contributed by atoms with Gasteiger partial charge < -0.3 is 0 Å². The van der Waals surface area contributed by atoms with E-state index in [4.69, 9.17) is 11.6 Å². The van der Waals surface area contributed by atoms with Gasteiger partial charge in [-0.15, -0.1) is 0 Å². The minimum Gasteiger partial charge on any atom is -0.281 e. The van der Waals surface area contributed by atoms with E-state index < -0.39 is 0 Å². The van der Waals surface area contributed by atoms with E-state index >= 15 is 0 Å². The molecule has 0 saturated heterocycles. The van der Waals surface area contributed by atoms with Crippen molar-refractivity contribution in [3.8, 4) is 0 Å². The molecule has 0 spiro atoms. The summed E-state index contributed by atoms with van der Waals surface area (Å²) >= 11 is 7.28. The van der Waals surface area contributed by atoms with Crippen LogP contribution in [0.25, 0.3) is 0 Å². The van der Waals surface area contributed by atoms with Gasteiger partial charge in [-0.25, -0.2) is 0 Å². The second kappa shape index (κ2) is 14.7. The van der Waals surface area contributed by atoms with Crippen molar-refractivity contribution >= 4 is 28.6 Å². The molecule has 19 heavy (non-hydrogen) atoms. The summed E-state index contributed by atoms with van der Waals surface area (Å²) in [4.78, 5) is 10.8. The summed E-state index contributed by atoms with van der Waals surface area (Å²) in [5, 5.41) is -0.199. The van der Waals surface area contributed by atoms with E-state index in [2.05, 4.69) is 6.92 Å². The van der Waals surface area contributed by atoms with Gasteiger partial charge in [-0.2, -0.15) is 11.8 Å². The molecule has 0 aromatic rings. The fraction of sp³-hybridized carbons (Fsp3) is 0.938. The highest BCUT2D eigenvalue weighted by atomic mass is 35.5. The summed E-state index contributed by atoms with van der Waals surface area (Å²) in [6.07, 6.45) is 13.8. The molecule has 3 heteroatoms. The number of thioether (sulfide) groups is 1. The molecule has 0 radical (unpaired) electrons. The van der Waals surface area contributed by atoms with Crippen molar-refractivity contribution < 1.29 is 4.79 Å². The summed E-state index contributed by atoms with van der Waals surface area (Å²) in [5.41, 5.74) is 0. The first-order valence-corrected chi connectivity index (χ1v) is 9.48. The van der Waals surface area contributed by atoms with Crippen LogP contribution in [0.4, 0.5) is 0 Å². The maximum absolute atomic E-state index is 10.8. The van der Waals surface area contributed by atoms with Crippen LogP contribution in [-0.4, -0.2) is 16.7 Å². The molecule has 0 aromatic carbocycles. The van der Waals surface area contributed by atoms with E-state index in [9.17, 15) is 4.79 Å². The lowest BCUT2D eigenvalue weighted by Gasteiger charge is -2.05. The van der Waals surface area contributed by atoms with Gasteiger partial charge in [-0.3, -0.25) is 4.79 Å². The van der Waals surface area contributed by atoms with Crippen LogP contribution in [0.15, 0.2) is 0 Å². The fourth-order valence-corrected chi connectivity index (χ4v) is 3.27. The molecule has 0 amide bonds. The van der Waals surface area contributed by atoms with Gasteiger partial charge in [0.25, 0.3) is 0 Å². The first kappa shape index (κ1) is 19.3. The molecule has 0 aromatic heterocycles. The Hall–Kier alpha value is 0.310. The molecule has 0 aliphatic heterocycles. The molecule has 0 aliphatic carbocycles. The lowest BCUT2D eigenvalue weighted by Crippen LogP contribution is -2.06. The van der Waals surface area contributed by atoms with Crippen molar-refractivity contribution in [3.05, 3.63) is 0 Å². The molecule has 1 unspecified atom stereocenters. The van der Waals surface area contributed by atoms with Crippen molar-refractivity contribution in [1.29, 1.82) is 0 Å². The van der Waals surface area contributed by atoms with Gasteiger partial charge in [0.1, 0.15) is 0 Å². The third-order valence-electron chi connectivity index (χ3n) is 3.40. The lowest BCUT2D eigenvalue weighted by atomic mass is 10.1. The zero-order valence-electron chi connectivity index (χ0n) is 12.8. The van der Waals surface area contributed by atoms with Gasteiger partial charge in [0.2, 0.25) is 5.24 Å². The minimum absolute atomic E-state index is 0.00906. The number of halogens is 1. The molecule has 0 fully saturated rings. The highest BCUT2D eigenvalue weighted by molar-refractivity contribution is 7.99. The van der Waals surface area contributed by atoms with Crippen LogP contribution in [0.2, 0.25) is 0 Å². The average Bonchev–Trinajstić information content (AvgIpc) is 2.39. The van der Waals surface area contributed by atoms with Crippen LogP contribution in [0, 0.1) is 5.92 Å². The van der Waals surface area contributed by atoms with Crippen LogP contribution in [0.5, 0.6) is 0 Å². The standard InChI is InChI=1S/C16H31ClOS/c1-3-4-5-6-7-8-9-10-11-12-13-19-14-15(2)16(17)18/h15H,3-14H2,1-2H3. The third-order valence-corrected chi connectivity index (χ3v) is 5.08. The molecule has 0 N–H and O–H groups in total. The maximum Gasteiger partial charge on any atom is 0.225 e. The SMILES string of the molecule is CCCCCCCCCCCCSCC(C)C(=O)Cl. The molecule has 0 rings (SSSR count). The maximum atomic E-state index is 10.8. The fourth-order valence-electron chi connectivity index (χ4n) is 2.02. The molecule has 1 nitrogen and oxygen atoms in total. The Bertz CT molecular complexity index is 209. The number of hydrogen-bond donors (Lipinski definition) is 0. The van der Waals surface area contributed by atoms with Gasteiger partial charge >= 0.3 is 0 Å². The molecular weight excluding hydrogens is 276 g/mol. The molecular formula is C16H31ClOS. The normalized spacial score (nSPS) is 12.6. The Morgan fingerprint density at radius 1 is 0.947 bits per heavy atom. The quantitative estimate of drug-likeness (QED) is 0.287. The molecule has 114 valence electrons. The van der Waals surface area contributed by atoms with Gasteiger partial charge in [0, 0.05) is 11.7 Å². The number of rotatable bonds is 14. The van der Waals surface area contributed by atoms with E-state index in [0.717, 1.165) is 5.75 Å². The van der Waals surface area contributed by atoms with Crippen LogP contribution < -0.4 is 0 Å². The average molecular weight is 307 g/mol. The Morgan fingerprint density at radius 2 is 1.42 bits per heavy atom. The van der Waals surface area contributed by atoms with E-state index in [1.807, 2.05) is 18.7 Å². The van der Waals surface area contributed by atoms with Crippen LogP contribution >= 0.6 is 23.4 Å². The van der Waals surface area contributed by atoms with Crippen LogP contribution in [-0.2, 0) is 4.79 Å². The summed E-state index contributed by atoms with van der Waals surface area (Å²) in [6.45, 7) is 4.17. The topological polar surface area (TPSA) is 17.1 Å². The monoisotopic (exact) mass is 306 g/mol. The Morgan fingerprint density at radius 3 is 1.89 bits per heavy atom. The van der Waals surface area contributed by atoms with Gasteiger partial charge in [-0.1, -0.05) is 71.6 Å². The summed E-state index contributed by atoms with van der Waals surface area (Å²) in [7, 11) is 0. The van der Waals surface area contributed by atoms with Crippen molar-refractivity contribution in [2.24, 2.45) is 5.92 Å². The number of carbonyl (C=O) groups is 1. The van der Waals surface area contributed by atoms with E-state index in [-0.39, 0.29) is 11.2 Å². The highest BCUT2D eigenvalue weighted by Gasteiger charge is 2.08. The Kier molecular flexibility index (Phi) is 15.0. The second-order valence-corrected chi connectivity index (χ2v) is 6.98. The van der Waals surface area contributed by atoms with Gasteiger partial charge in [0.05, 0.1) is 0 Å². The van der Waals surface area contributed by atoms with Crippen molar-refractivity contribution in [3.63, 3.8) is 0 Å². The minimum atomic E-state index is -0.199. The van der Waals surface area contributed by atoms with Crippen molar-refractivity contribution in [2.75, 3.05) is 11.5 Å². The number of hydrogen-bond acceptors (Lipinski definition) is 2. The zero-order valence-corrected chi connectivity index (χ0v) is 14.3. The van der Waals surface area contributed by atoms with Gasteiger partial charge in [0.15, 0.2) is 0 Å². The summed E-state index contributed by atoms with van der Waals surface area (Å²) in [6, 6.07) is 0. The predicted octanol–water partition coefficient (Wildman–Crippen LogP) is 6.04. The van der Waals surface area contributed by atoms with E-state index in [0.29, 0.717) is 0 Å². The predicted molar refractivity (Wildman–Crippen MR) is 89.2 cm³/mol. The Labute approximate surface area is 129 Å². The molecule has 0 aliphatic rings. The smallest absolute Gasteiger partial charge is 0.225 e. The lowest BCUT2D eigenvalue weighted by molar-refractivity contribution is -0.114. The largest absolute Gasteiger partial charge is 0.281 e.